The summed E-state index contributed by atoms with van der Waals surface area (Å²) in [5, 5.41) is 0. The zero-order valence-electron chi connectivity index (χ0n) is 27.3. The van der Waals surface area contributed by atoms with Gasteiger partial charge in [0.2, 0.25) is 0 Å². The van der Waals surface area contributed by atoms with Crippen molar-refractivity contribution in [3.63, 3.8) is 0 Å². The third kappa shape index (κ3) is 5.30. The van der Waals surface area contributed by atoms with Crippen molar-refractivity contribution in [2.24, 2.45) is 0 Å². The van der Waals surface area contributed by atoms with Gasteiger partial charge in [-0.15, -0.1) is 0 Å². The number of nitrogen functional groups attached to an aromatic ring is 2. The zero-order valence-corrected chi connectivity index (χ0v) is 27.3. The van der Waals surface area contributed by atoms with Crippen LogP contribution in [0.5, 0.6) is 23.0 Å². The summed E-state index contributed by atoms with van der Waals surface area (Å²) in [6, 6.07) is 46.3. The number of benzene rings is 6. The minimum atomic E-state index is -0.529. The van der Waals surface area contributed by atoms with Crippen molar-refractivity contribution in [1.29, 1.82) is 0 Å². The van der Waals surface area contributed by atoms with Gasteiger partial charge in [0.1, 0.15) is 23.0 Å². The van der Waals surface area contributed by atoms with E-state index in [9.17, 15) is 0 Å². The molecular formula is C43H40N2O2. The van der Waals surface area contributed by atoms with E-state index in [4.69, 9.17) is 20.9 Å². The van der Waals surface area contributed by atoms with Gasteiger partial charge < -0.3 is 20.9 Å². The highest BCUT2D eigenvalue weighted by molar-refractivity contribution is 5.86. The van der Waals surface area contributed by atoms with E-state index in [-0.39, 0.29) is 11.8 Å². The highest BCUT2D eigenvalue weighted by atomic mass is 16.5. The maximum absolute atomic E-state index is 6.45. The second kappa shape index (κ2) is 12.0. The van der Waals surface area contributed by atoms with Crippen LogP contribution >= 0.6 is 0 Å². The maximum atomic E-state index is 6.45. The Bertz CT molecular complexity index is 1910. The summed E-state index contributed by atoms with van der Waals surface area (Å²) in [6.45, 7) is 8.61. The first-order chi connectivity index (χ1) is 22.8. The van der Waals surface area contributed by atoms with E-state index in [1.54, 1.807) is 0 Å². The van der Waals surface area contributed by atoms with Crippen LogP contribution in [-0.2, 0) is 5.41 Å². The van der Waals surface area contributed by atoms with Crippen LogP contribution in [0.4, 0.5) is 11.4 Å². The quantitative estimate of drug-likeness (QED) is 0.167. The van der Waals surface area contributed by atoms with E-state index >= 15 is 0 Å². The van der Waals surface area contributed by atoms with E-state index in [1.165, 1.54) is 22.3 Å². The van der Waals surface area contributed by atoms with Gasteiger partial charge in [-0.05, 0) is 117 Å². The molecule has 0 aromatic heterocycles. The molecule has 4 heteroatoms. The fourth-order valence-electron chi connectivity index (χ4n) is 7.05. The van der Waals surface area contributed by atoms with Crippen molar-refractivity contribution in [3.05, 3.63) is 167 Å². The third-order valence-electron chi connectivity index (χ3n) is 9.29. The van der Waals surface area contributed by atoms with Crippen LogP contribution in [-0.4, -0.2) is 0 Å². The summed E-state index contributed by atoms with van der Waals surface area (Å²) >= 11 is 0. The number of nitrogens with two attached hydrogens (primary N) is 2. The third-order valence-corrected chi connectivity index (χ3v) is 9.29. The smallest absolute Gasteiger partial charge is 0.131 e. The molecule has 0 unspecified atom stereocenters. The van der Waals surface area contributed by atoms with Gasteiger partial charge in [-0.1, -0.05) is 100 Å². The monoisotopic (exact) mass is 616 g/mol. The SMILES string of the molecule is CC(C)c1cc(N)ccc1Oc1ccc(C2(c3ccc(Oc4ccc(N)cc4C(C)C)cc3)c3ccccc3-c3ccccc32)cc1. The van der Waals surface area contributed by atoms with Crippen molar-refractivity contribution in [3.8, 4) is 34.1 Å². The molecule has 6 aromatic carbocycles. The van der Waals surface area contributed by atoms with Gasteiger partial charge in [0, 0.05) is 11.4 Å². The Morgan fingerprint density at radius 2 is 0.851 bits per heavy atom. The lowest BCUT2D eigenvalue weighted by atomic mass is 9.68. The molecule has 6 aromatic rings. The molecule has 4 nitrogen and oxygen atoms in total. The van der Waals surface area contributed by atoms with Crippen molar-refractivity contribution in [1.82, 2.24) is 0 Å². The first-order valence-electron chi connectivity index (χ1n) is 16.3. The topological polar surface area (TPSA) is 70.5 Å². The number of hydrogen-bond acceptors (Lipinski definition) is 4. The van der Waals surface area contributed by atoms with E-state index < -0.39 is 5.41 Å². The highest BCUT2D eigenvalue weighted by Gasteiger charge is 2.45. The lowest BCUT2D eigenvalue weighted by Gasteiger charge is -2.34. The van der Waals surface area contributed by atoms with E-state index in [2.05, 4.69) is 125 Å². The number of rotatable bonds is 8. The summed E-state index contributed by atoms with van der Waals surface area (Å²) in [4.78, 5) is 0. The van der Waals surface area contributed by atoms with Gasteiger partial charge in [0.15, 0.2) is 0 Å². The number of fused-ring (bicyclic) bond motifs is 3. The van der Waals surface area contributed by atoms with Crippen LogP contribution in [0.1, 0.15) is 72.9 Å². The van der Waals surface area contributed by atoms with Gasteiger partial charge in [-0.2, -0.15) is 0 Å². The van der Waals surface area contributed by atoms with Gasteiger partial charge in [0.05, 0.1) is 5.41 Å². The minimum Gasteiger partial charge on any atom is -0.457 e. The molecule has 0 amide bonds. The van der Waals surface area contributed by atoms with Crippen molar-refractivity contribution < 1.29 is 9.47 Å². The van der Waals surface area contributed by atoms with Gasteiger partial charge in [-0.3, -0.25) is 0 Å². The van der Waals surface area contributed by atoms with E-state index in [0.29, 0.717) is 0 Å². The molecule has 0 bridgehead atoms. The Labute approximate surface area is 277 Å². The van der Waals surface area contributed by atoms with E-state index in [1.807, 2.05) is 36.4 Å². The van der Waals surface area contributed by atoms with Crippen molar-refractivity contribution in [2.75, 3.05) is 11.5 Å². The van der Waals surface area contributed by atoms with Crippen LogP contribution in [0.3, 0.4) is 0 Å². The second-order valence-electron chi connectivity index (χ2n) is 13.0. The maximum Gasteiger partial charge on any atom is 0.131 e. The molecule has 0 fully saturated rings. The van der Waals surface area contributed by atoms with Crippen molar-refractivity contribution in [2.45, 2.75) is 44.9 Å². The Kier molecular flexibility index (Phi) is 7.73. The van der Waals surface area contributed by atoms with E-state index in [0.717, 1.165) is 56.6 Å². The number of anilines is 2. The summed E-state index contributed by atoms with van der Waals surface area (Å²) in [5.41, 5.74) is 22.7. The molecule has 0 heterocycles. The predicted octanol–water partition coefficient (Wildman–Crippen LogP) is 11.0. The van der Waals surface area contributed by atoms with Crippen LogP contribution < -0.4 is 20.9 Å². The fraction of sp³-hybridized carbons (Fsp3) is 0.163. The average Bonchev–Trinajstić information content (AvgIpc) is 3.38. The molecule has 7 rings (SSSR count). The lowest BCUT2D eigenvalue weighted by molar-refractivity contribution is 0.472. The minimum absolute atomic E-state index is 0.284. The summed E-state index contributed by atoms with van der Waals surface area (Å²) in [5.74, 6) is 3.78. The molecule has 4 N–H and O–H groups in total. The van der Waals surface area contributed by atoms with Gasteiger partial charge in [0.25, 0.3) is 0 Å². The molecule has 0 saturated carbocycles. The van der Waals surface area contributed by atoms with Crippen LogP contribution in [0.15, 0.2) is 133 Å². The lowest BCUT2D eigenvalue weighted by Crippen LogP contribution is -2.28. The van der Waals surface area contributed by atoms with Gasteiger partial charge in [-0.25, -0.2) is 0 Å². The molecule has 0 radical (unpaired) electrons. The van der Waals surface area contributed by atoms with Crippen LogP contribution in [0.2, 0.25) is 0 Å². The number of hydrogen-bond donors (Lipinski definition) is 2. The normalized spacial score (nSPS) is 13.0. The highest BCUT2D eigenvalue weighted by Crippen LogP contribution is 2.56. The molecule has 0 spiro atoms. The summed E-state index contributed by atoms with van der Waals surface area (Å²) in [6.07, 6.45) is 0. The van der Waals surface area contributed by atoms with Crippen LogP contribution in [0.25, 0.3) is 11.1 Å². The second-order valence-corrected chi connectivity index (χ2v) is 13.0. The largest absolute Gasteiger partial charge is 0.457 e. The Hall–Kier alpha value is -5.48. The Morgan fingerprint density at radius 3 is 1.23 bits per heavy atom. The molecule has 0 atom stereocenters. The fourth-order valence-corrected chi connectivity index (χ4v) is 7.05. The molecule has 0 saturated heterocycles. The Balaban J connectivity index is 1.32. The molecule has 1 aliphatic rings. The predicted molar refractivity (Wildman–Crippen MR) is 194 cm³/mol. The van der Waals surface area contributed by atoms with Gasteiger partial charge >= 0.3 is 0 Å². The molecule has 234 valence electrons. The number of ether oxygens (including phenoxy) is 2. The molecular weight excluding hydrogens is 576 g/mol. The van der Waals surface area contributed by atoms with Crippen LogP contribution in [0, 0.1) is 0 Å². The molecule has 1 aliphatic carbocycles. The zero-order chi connectivity index (χ0) is 32.7. The Morgan fingerprint density at radius 1 is 0.468 bits per heavy atom. The molecule has 47 heavy (non-hydrogen) atoms. The summed E-state index contributed by atoms with van der Waals surface area (Å²) < 4.78 is 12.9. The average molecular weight is 617 g/mol. The summed E-state index contributed by atoms with van der Waals surface area (Å²) in [7, 11) is 0. The first kappa shape index (κ1) is 30.2. The first-order valence-corrected chi connectivity index (χ1v) is 16.3. The van der Waals surface area contributed by atoms with Crippen molar-refractivity contribution >= 4 is 11.4 Å². The standard InChI is InChI=1S/C43H40N2O2/c1-27(2)37-25-31(44)17-23-41(37)46-33-19-13-29(14-20-33)43(39-11-7-5-9-35(39)36-10-6-8-12-40(36)43)30-15-21-34(22-16-30)47-42-24-18-32(45)26-38(42)28(3)4/h5-28H,44-45H2,1-4H3. The molecule has 0 aliphatic heterocycles.